The predicted octanol–water partition coefficient (Wildman–Crippen LogP) is 1.87. The SMILES string of the molecule is CCOC(=O)/C(C#N)=C/Nc1ccc(S(=O)(=O)N2C[C@@H](C)O[C@H](C)C2)cc1. The molecular weight excluding hydrogens is 370 g/mol. The van der Waals surface area contributed by atoms with E-state index in [2.05, 4.69) is 5.32 Å². The molecule has 8 nitrogen and oxygen atoms in total. The van der Waals surface area contributed by atoms with Crippen molar-refractivity contribution in [2.45, 2.75) is 37.9 Å². The van der Waals surface area contributed by atoms with Crippen molar-refractivity contribution in [2.75, 3.05) is 25.0 Å². The van der Waals surface area contributed by atoms with E-state index in [1.807, 2.05) is 13.8 Å². The molecule has 1 aliphatic heterocycles. The molecule has 1 fully saturated rings. The topological polar surface area (TPSA) is 109 Å². The molecule has 9 heteroatoms. The van der Waals surface area contributed by atoms with Crippen LogP contribution in [0.5, 0.6) is 0 Å². The molecule has 27 heavy (non-hydrogen) atoms. The number of benzene rings is 1. The second kappa shape index (κ2) is 8.99. The summed E-state index contributed by atoms with van der Waals surface area (Å²) in [6.07, 6.45) is 0.899. The maximum Gasteiger partial charge on any atom is 0.350 e. The van der Waals surface area contributed by atoms with E-state index in [0.29, 0.717) is 18.8 Å². The van der Waals surface area contributed by atoms with Gasteiger partial charge in [-0.3, -0.25) is 0 Å². The zero-order valence-electron chi connectivity index (χ0n) is 15.5. The van der Waals surface area contributed by atoms with E-state index in [0.717, 1.165) is 0 Å². The van der Waals surface area contributed by atoms with Crippen molar-refractivity contribution in [3.63, 3.8) is 0 Å². The van der Waals surface area contributed by atoms with Crippen molar-refractivity contribution in [1.82, 2.24) is 4.31 Å². The van der Waals surface area contributed by atoms with Gasteiger partial charge in [0, 0.05) is 25.0 Å². The fourth-order valence-electron chi connectivity index (χ4n) is 2.70. The number of esters is 1. The highest BCUT2D eigenvalue weighted by atomic mass is 32.2. The Bertz CT molecular complexity index is 833. The Balaban J connectivity index is 2.12. The molecule has 1 N–H and O–H groups in total. The number of nitrogens with one attached hydrogen (secondary N) is 1. The van der Waals surface area contributed by atoms with Gasteiger partial charge in [-0.2, -0.15) is 9.57 Å². The van der Waals surface area contributed by atoms with E-state index in [9.17, 15) is 13.2 Å². The summed E-state index contributed by atoms with van der Waals surface area (Å²) in [7, 11) is -3.62. The molecule has 0 aromatic heterocycles. The van der Waals surface area contributed by atoms with E-state index in [-0.39, 0.29) is 29.3 Å². The Labute approximate surface area is 159 Å². The summed E-state index contributed by atoms with van der Waals surface area (Å²) in [5, 5.41) is 11.8. The van der Waals surface area contributed by atoms with Gasteiger partial charge in [0.05, 0.1) is 23.7 Å². The van der Waals surface area contributed by atoms with Crippen LogP contribution in [0.4, 0.5) is 5.69 Å². The summed E-state index contributed by atoms with van der Waals surface area (Å²) in [4.78, 5) is 11.7. The molecule has 1 aromatic carbocycles. The summed E-state index contributed by atoms with van der Waals surface area (Å²) in [6, 6.07) is 7.84. The molecule has 2 rings (SSSR count). The highest BCUT2D eigenvalue weighted by Crippen LogP contribution is 2.22. The van der Waals surface area contributed by atoms with Crippen molar-refractivity contribution in [3.8, 4) is 6.07 Å². The quantitative estimate of drug-likeness (QED) is 0.446. The van der Waals surface area contributed by atoms with Crippen LogP contribution in [-0.2, 0) is 24.3 Å². The number of nitrogens with zero attached hydrogens (tertiary/aromatic N) is 2. The number of carbonyl (C=O) groups excluding carboxylic acids is 1. The maximum atomic E-state index is 12.8. The van der Waals surface area contributed by atoms with Gasteiger partial charge in [0.25, 0.3) is 0 Å². The molecule has 0 spiro atoms. The van der Waals surface area contributed by atoms with Crippen LogP contribution in [0.3, 0.4) is 0 Å². The lowest BCUT2D eigenvalue weighted by Gasteiger charge is -2.34. The average Bonchev–Trinajstić information content (AvgIpc) is 2.62. The normalized spacial score (nSPS) is 21.3. The number of morpholine rings is 1. The van der Waals surface area contributed by atoms with E-state index in [1.54, 1.807) is 25.1 Å². The number of rotatable bonds is 6. The van der Waals surface area contributed by atoms with Crippen molar-refractivity contribution >= 4 is 21.7 Å². The van der Waals surface area contributed by atoms with Crippen LogP contribution in [0, 0.1) is 11.3 Å². The first kappa shape index (κ1) is 20.9. The molecule has 0 aliphatic carbocycles. The Kier molecular flexibility index (Phi) is 6.96. The molecule has 0 unspecified atom stereocenters. The zero-order valence-corrected chi connectivity index (χ0v) is 16.3. The van der Waals surface area contributed by atoms with E-state index < -0.39 is 16.0 Å². The van der Waals surface area contributed by atoms with Gasteiger partial charge in [0.15, 0.2) is 5.57 Å². The highest BCUT2D eigenvalue weighted by Gasteiger charge is 2.32. The first-order valence-corrected chi connectivity index (χ1v) is 10.0. The molecule has 0 saturated carbocycles. The number of hydrogen-bond acceptors (Lipinski definition) is 7. The van der Waals surface area contributed by atoms with E-state index in [4.69, 9.17) is 14.7 Å². The number of hydrogen-bond donors (Lipinski definition) is 1. The molecule has 0 amide bonds. The molecule has 1 saturated heterocycles. The van der Waals surface area contributed by atoms with Gasteiger partial charge in [-0.1, -0.05) is 0 Å². The number of anilines is 1. The molecule has 2 atom stereocenters. The van der Waals surface area contributed by atoms with Crippen molar-refractivity contribution in [1.29, 1.82) is 5.26 Å². The standard InChI is InChI=1S/C18H23N3O5S/c1-4-25-18(22)15(9-19)10-20-16-5-7-17(8-6-16)27(23,24)21-11-13(2)26-14(3)12-21/h5-8,10,13-14,20H,4,11-12H2,1-3H3/b15-10+/t13-,14-/m1/s1. The summed E-state index contributed by atoms with van der Waals surface area (Å²) in [6.45, 7) is 6.11. The third-order valence-corrected chi connectivity index (χ3v) is 5.72. The Morgan fingerprint density at radius 3 is 2.44 bits per heavy atom. The van der Waals surface area contributed by atoms with Gasteiger partial charge in [-0.15, -0.1) is 0 Å². The maximum absolute atomic E-state index is 12.8. The molecule has 0 radical (unpaired) electrons. The molecule has 1 aromatic rings. The minimum absolute atomic E-state index is 0.165. The molecule has 0 bridgehead atoms. The van der Waals surface area contributed by atoms with Crippen molar-refractivity contribution in [3.05, 3.63) is 36.0 Å². The fraction of sp³-hybridized carbons (Fsp3) is 0.444. The number of sulfonamides is 1. The average molecular weight is 393 g/mol. The van der Waals surface area contributed by atoms with Crippen LogP contribution in [0.2, 0.25) is 0 Å². The summed E-state index contributed by atoms with van der Waals surface area (Å²) in [5.74, 6) is -0.720. The fourth-order valence-corrected chi connectivity index (χ4v) is 4.29. The summed E-state index contributed by atoms with van der Waals surface area (Å²) < 4.78 is 37.4. The number of nitriles is 1. The highest BCUT2D eigenvalue weighted by molar-refractivity contribution is 7.89. The van der Waals surface area contributed by atoms with Crippen LogP contribution in [0.25, 0.3) is 0 Å². The van der Waals surface area contributed by atoms with Crippen LogP contribution < -0.4 is 5.32 Å². The van der Waals surface area contributed by atoms with Gasteiger partial charge in [0.1, 0.15) is 6.07 Å². The molecule has 1 heterocycles. The van der Waals surface area contributed by atoms with Crippen LogP contribution in [0.15, 0.2) is 40.9 Å². The van der Waals surface area contributed by atoms with Gasteiger partial charge in [-0.25, -0.2) is 13.2 Å². The summed E-state index contributed by atoms with van der Waals surface area (Å²) in [5.41, 5.74) is 0.361. The molecular formula is C18H23N3O5S. The minimum Gasteiger partial charge on any atom is -0.462 e. The van der Waals surface area contributed by atoms with E-state index >= 15 is 0 Å². The van der Waals surface area contributed by atoms with Crippen molar-refractivity contribution < 1.29 is 22.7 Å². The lowest BCUT2D eigenvalue weighted by molar-refractivity contribution is -0.138. The second-order valence-corrected chi connectivity index (χ2v) is 8.08. The van der Waals surface area contributed by atoms with Crippen molar-refractivity contribution in [2.24, 2.45) is 0 Å². The van der Waals surface area contributed by atoms with Gasteiger partial charge < -0.3 is 14.8 Å². The number of ether oxygens (including phenoxy) is 2. The first-order chi connectivity index (χ1) is 12.8. The van der Waals surface area contributed by atoms with Gasteiger partial charge in [-0.05, 0) is 45.0 Å². The van der Waals surface area contributed by atoms with Crippen LogP contribution in [0.1, 0.15) is 20.8 Å². The minimum atomic E-state index is -3.62. The smallest absolute Gasteiger partial charge is 0.350 e. The van der Waals surface area contributed by atoms with Gasteiger partial charge >= 0.3 is 5.97 Å². The molecule has 146 valence electrons. The van der Waals surface area contributed by atoms with Gasteiger partial charge in [0.2, 0.25) is 10.0 Å². The number of carbonyl (C=O) groups is 1. The van der Waals surface area contributed by atoms with E-state index in [1.165, 1.54) is 22.6 Å². The third-order valence-electron chi connectivity index (χ3n) is 3.88. The lowest BCUT2D eigenvalue weighted by atomic mass is 10.3. The monoisotopic (exact) mass is 393 g/mol. The first-order valence-electron chi connectivity index (χ1n) is 8.57. The van der Waals surface area contributed by atoms with Crippen LogP contribution >= 0.6 is 0 Å². The molecule has 1 aliphatic rings. The zero-order chi connectivity index (χ0) is 20.0. The lowest BCUT2D eigenvalue weighted by Crippen LogP contribution is -2.48. The Hall–Kier alpha value is -2.41. The third kappa shape index (κ3) is 5.29. The predicted molar refractivity (Wildman–Crippen MR) is 99.2 cm³/mol. The van der Waals surface area contributed by atoms with Crippen LogP contribution in [-0.4, -0.2) is 50.6 Å². The Morgan fingerprint density at radius 1 is 1.33 bits per heavy atom. The largest absolute Gasteiger partial charge is 0.462 e. The second-order valence-electron chi connectivity index (χ2n) is 6.14. The summed E-state index contributed by atoms with van der Waals surface area (Å²) >= 11 is 0. The Morgan fingerprint density at radius 2 is 1.93 bits per heavy atom.